The van der Waals surface area contributed by atoms with E-state index in [2.05, 4.69) is 4.98 Å². The molecule has 4 heteroatoms. The lowest BCUT2D eigenvalue weighted by molar-refractivity contribution is -0.135. The van der Waals surface area contributed by atoms with E-state index in [-0.39, 0.29) is 23.9 Å². The van der Waals surface area contributed by atoms with Crippen molar-refractivity contribution < 1.29 is 4.79 Å². The van der Waals surface area contributed by atoms with E-state index < -0.39 is 0 Å². The number of pyridine rings is 1. The number of carbonyl (C=O) groups is 1. The van der Waals surface area contributed by atoms with Gasteiger partial charge in [-0.2, -0.15) is 0 Å². The second-order valence-electron chi connectivity index (χ2n) is 4.89. The molecule has 1 aromatic heterocycles. The van der Waals surface area contributed by atoms with E-state index in [0.717, 1.165) is 12.1 Å². The minimum absolute atomic E-state index is 0.0288. The molecule has 1 aliphatic rings. The maximum absolute atomic E-state index is 12.2. The van der Waals surface area contributed by atoms with Crippen molar-refractivity contribution in [2.24, 2.45) is 11.7 Å². The van der Waals surface area contributed by atoms with Crippen LogP contribution in [-0.4, -0.2) is 27.9 Å². The molecule has 0 aromatic carbocycles. The molecular weight excluding hydrogens is 214 g/mol. The molecule has 1 amide bonds. The zero-order valence-corrected chi connectivity index (χ0v) is 10.3. The normalized spacial score (nSPS) is 22.6. The summed E-state index contributed by atoms with van der Waals surface area (Å²) in [6.07, 6.45) is 2.57. The molecule has 0 saturated heterocycles. The highest BCUT2D eigenvalue weighted by Crippen LogP contribution is 2.31. The fourth-order valence-corrected chi connectivity index (χ4v) is 1.89. The van der Waals surface area contributed by atoms with Gasteiger partial charge in [-0.05, 0) is 32.4 Å². The molecule has 92 valence electrons. The SMILES string of the molecule is CC(C)N(Cc1ccccn1)C(=O)C1CC1N. The highest BCUT2D eigenvalue weighted by atomic mass is 16.2. The van der Waals surface area contributed by atoms with Crippen molar-refractivity contribution in [3.05, 3.63) is 30.1 Å². The molecule has 0 radical (unpaired) electrons. The van der Waals surface area contributed by atoms with Crippen LogP contribution in [0, 0.1) is 5.92 Å². The summed E-state index contributed by atoms with van der Waals surface area (Å²) in [7, 11) is 0. The van der Waals surface area contributed by atoms with Crippen molar-refractivity contribution in [2.75, 3.05) is 0 Å². The Hall–Kier alpha value is -1.42. The molecule has 0 aliphatic heterocycles. The number of carbonyl (C=O) groups excluding carboxylic acids is 1. The van der Waals surface area contributed by atoms with Gasteiger partial charge in [-0.1, -0.05) is 6.07 Å². The minimum Gasteiger partial charge on any atom is -0.334 e. The number of rotatable bonds is 4. The maximum Gasteiger partial charge on any atom is 0.227 e. The minimum atomic E-state index is 0.0288. The van der Waals surface area contributed by atoms with E-state index in [4.69, 9.17) is 5.73 Å². The van der Waals surface area contributed by atoms with Gasteiger partial charge >= 0.3 is 0 Å². The molecule has 2 rings (SSSR count). The predicted octanol–water partition coefficient (Wildman–Crippen LogP) is 1.17. The fraction of sp³-hybridized carbons (Fsp3) is 0.538. The van der Waals surface area contributed by atoms with E-state index in [9.17, 15) is 4.79 Å². The summed E-state index contributed by atoms with van der Waals surface area (Å²) in [4.78, 5) is 18.3. The van der Waals surface area contributed by atoms with Crippen LogP contribution < -0.4 is 5.73 Å². The van der Waals surface area contributed by atoms with Gasteiger partial charge in [-0.15, -0.1) is 0 Å². The van der Waals surface area contributed by atoms with Gasteiger partial charge in [0.25, 0.3) is 0 Å². The molecule has 1 saturated carbocycles. The predicted molar refractivity (Wildman–Crippen MR) is 66.0 cm³/mol. The van der Waals surface area contributed by atoms with Gasteiger partial charge in [0.15, 0.2) is 0 Å². The molecule has 1 aromatic rings. The molecule has 2 atom stereocenters. The topological polar surface area (TPSA) is 59.2 Å². The van der Waals surface area contributed by atoms with Gasteiger partial charge < -0.3 is 10.6 Å². The second kappa shape index (κ2) is 4.84. The second-order valence-corrected chi connectivity index (χ2v) is 4.89. The first-order chi connectivity index (χ1) is 8.09. The molecule has 2 N–H and O–H groups in total. The first-order valence-corrected chi connectivity index (χ1v) is 6.05. The number of amides is 1. The highest BCUT2D eigenvalue weighted by molar-refractivity contribution is 5.82. The number of hydrogen-bond donors (Lipinski definition) is 1. The van der Waals surface area contributed by atoms with Crippen LogP contribution in [0.3, 0.4) is 0 Å². The summed E-state index contributed by atoms with van der Waals surface area (Å²) in [5, 5.41) is 0. The van der Waals surface area contributed by atoms with Crippen LogP contribution in [0.15, 0.2) is 24.4 Å². The Morgan fingerprint density at radius 1 is 1.59 bits per heavy atom. The quantitative estimate of drug-likeness (QED) is 0.849. The number of hydrogen-bond acceptors (Lipinski definition) is 3. The van der Waals surface area contributed by atoms with Crippen LogP contribution in [0.2, 0.25) is 0 Å². The Balaban J connectivity index is 2.05. The van der Waals surface area contributed by atoms with E-state index in [0.29, 0.717) is 6.54 Å². The van der Waals surface area contributed by atoms with Crippen molar-refractivity contribution in [1.82, 2.24) is 9.88 Å². The van der Waals surface area contributed by atoms with E-state index in [1.807, 2.05) is 36.9 Å². The Kier molecular flexibility index (Phi) is 3.43. The Morgan fingerprint density at radius 3 is 2.76 bits per heavy atom. The van der Waals surface area contributed by atoms with E-state index in [1.54, 1.807) is 6.20 Å². The van der Waals surface area contributed by atoms with Crippen LogP contribution in [-0.2, 0) is 11.3 Å². The van der Waals surface area contributed by atoms with Crippen molar-refractivity contribution in [3.63, 3.8) is 0 Å². The lowest BCUT2D eigenvalue weighted by Crippen LogP contribution is -2.38. The summed E-state index contributed by atoms with van der Waals surface area (Å²) in [6, 6.07) is 6.00. The van der Waals surface area contributed by atoms with Gasteiger partial charge in [-0.3, -0.25) is 9.78 Å². The number of nitrogens with zero attached hydrogens (tertiary/aromatic N) is 2. The first kappa shape index (κ1) is 12.0. The first-order valence-electron chi connectivity index (χ1n) is 6.05. The molecule has 4 nitrogen and oxygen atoms in total. The van der Waals surface area contributed by atoms with Crippen LogP contribution in [0.25, 0.3) is 0 Å². The van der Waals surface area contributed by atoms with Gasteiger partial charge in [0.2, 0.25) is 5.91 Å². The van der Waals surface area contributed by atoms with Crippen molar-refractivity contribution >= 4 is 5.91 Å². The average molecular weight is 233 g/mol. The Morgan fingerprint density at radius 2 is 2.29 bits per heavy atom. The third-order valence-electron chi connectivity index (χ3n) is 3.12. The third-order valence-corrected chi connectivity index (χ3v) is 3.12. The van der Waals surface area contributed by atoms with Gasteiger partial charge in [0, 0.05) is 18.3 Å². The fourth-order valence-electron chi connectivity index (χ4n) is 1.89. The Labute approximate surface area is 102 Å². The van der Waals surface area contributed by atoms with Crippen LogP contribution in [0.1, 0.15) is 26.0 Å². The van der Waals surface area contributed by atoms with E-state index >= 15 is 0 Å². The molecule has 2 unspecified atom stereocenters. The summed E-state index contributed by atoms with van der Waals surface area (Å²) >= 11 is 0. The zero-order chi connectivity index (χ0) is 12.4. The van der Waals surface area contributed by atoms with Crippen molar-refractivity contribution in [1.29, 1.82) is 0 Å². The van der Waals surface area contributed by atoms with E-state index in [1.165, 1.54) is 0 Å². The van der Waals surface area contributed by atoms with Crippen molar-refractivity contribution in [2.45, 2.75) is 38.9 Å². The highest BCUT2D eigenvalue weighted by Gasteiger charge is 2.42. The van der Waals surface area contributed by atoms with Gasteiger partial charge in [0.1, 0.15) is 0 Å². The number of aromatic nitrogens is 1. The lowest BCUT2D eigenvalue weighted by Gasteiger charge is -2.26. The van der Waals surface area contributed by atoms with Gasteiger partial charge in [0.05, 0.1) is 18.2 Å². The molecule has 1 aliphatic carbocycles. The zero-order valence-electron chi connectivity index (χ0n) is 10.3. The molecule has 1 heterocycles. The average Bonchev–Trinajstić information content (AvgIpc) is 3.03. The Bertz CT molecular complexity index is 391. The molecule has 0 bridgehead atoms. The summed E-state index contributed by atoms with van der Waals surface area (Å²) in [5.74, 6) is 0.194. The standard InChI is InChI=1S/C13H19N3O/c1-9(2)16(13(17)11-7-12(11)14)8-10-5-3-4-6-15-10/h3-6,9,11-12H,7-8,14H2,1-2H3. The largest absolute Gasteiger partial charge is 0.334 e. The molecular formula is C13H19N3O. The van der Waals surface area contributed by atoms with Crippen molar-refractivity contribution in [3.8, 4) is 0 Å². The van der Waals surface area contributed by atoms with Crippen LogP contribution >= 0.6 is 0 Å². The summed E-state index contributed by atoms with van der Waals surface area (Å²) in [6.45, 7) is 4.62. The lowest BCUT2D eigenvalue weighted by atomic mass is 10.2. The smallest absolute Gasteiger partial charge is 0.227 e. The van der Waals surface area contributed by atoms with Gasteiger partial charge in [-0.25, -0.2) is 0 Å². The van der Waals surface area contributed by atoms with Crippen LogP contribution in [0.4, 0.5) is 0 Å². The number of nitrogens with two attached hydrogens (primary N) is 1. The third kappa shape index (κ3) is 2.82. The molecule has 0 spiro atoms. The monoisotopic (exact) mass is 233 g/mol. The molecule has 17 heavy (non-hydrogen) atoms. The maximum atomic E-state index is 12.2. The summed E-state index contributed by atoms with van der Waals surface area (Å²) in [5.41, 5.74) is 6.66. The molecule has 1 fully saturated rings. The van der Waals surface area contributed by atoms with Crippen LogP contribution in [0.5, 0.6) is 0 Å². The summed E-state index contributed by atoms with van der Waals surface area (Å²) < 4.78 is 0.